The fourth-order valence-electron chi connectivity index (χ4n) is 3.62. The maximum Gasteiger partial charge on any atom is 0.324 e. The topological polar surface area (TPSA) is 71.7 Å². The summed E-state index contributed by atoms with van der Waals surface area (Å²) in [6, 6.07) is 15.7. The van der Waals surface area contributed by atoms with Gasteiger partial charge < -0.3 is 19.1 Å². The van der Waals surface area contributed by atoms with Gasteiger partial charge >= 0.3 is 6.01 Å². The van der Waals surface area contributed by atoms with Crippen LogP contribution in [0.15, 0.2) is 57.5 Å². The van der Waals surface area contributed by atoms with Crippen LogP contribution in [0.5, 0.6) is 5.75 Å². The van der Waals surface area contributed by atoms with E-state index in [-0.39, 0.29) is 11.8 Å². The van der Waals surface area contributed by atoms with Crippen LogP contribution >= 0.6 is 15.9 Å². The van der Waals surface area contributed by atoms with Gasteiger partial charge in [-0.2, -0.15) is 4.98 Å². The highest BCUT2D eigenvalue weighted by Crippen LogP contribution is 2.27. The number of hydrogen-bond acceptors (Lipinski definition) is 6. The molecule has 8 heteroatoms. The zero-order chi connectivity index (χ0) is 21.1. The minimum Gasteiger partial charge on any atom is -0.497 e. The van der Waals surface area contributed by atoms with Gasteiger partial charge in [0, 0.05) is 35.9 Å². The Hall–Kier alpha value is -2.87. The fourth-order valence-corrected chi connectivity index (χ4v) is 3.88. The molecular weight excluding hydrogens is 448 g/mol. The smallest absolute Gasteiger partial charge is 0.324 e. The quantitative estimate of drug-likeness (QED) is 0.550. The Morgan fingerprint density at radius 2 is 1.93 bits per heavy atom. The van der Waals surface area contributed by atoms with Gasteiger partial charge in [0.25, 0.3) is 0 Å². The summed E-state index contributed by atoms with van der Waals surface area (Å²) in [7, 11) is 3.45. The van der Waals surface area contributed by atoms with Crippen molar-refractivity contribution >= 4 is 33.5 Å². The van der Waals surface area contributed by atoms with E-state index in [1.807, 2.05) is 60.5 Å². The number of methoxy groups -OCH3 is 1. The number of ether oxygens (including phenoxy) is 1. The predicted molar refractivity (Wildman–Crippen MR) is 119 cm³/mol. The molecule has 0 spiro atoms. The van der Waals surface area contributed by atoms with Gasteiger partial charge in [-0.1, -0.05) is 21.1 Å². The third kappa shape index (κ3) is 4.33. The van der Waals surface area contributed by atoms with Gasteiger partial charge in [-0.05, 0) is 61.4 Å². The first-order chi connectivity index (χ1) is 14.5. The van der Waals surface area contributed by atoms with Crippen molar-refractivity contribution in [2.75, 3.05) is 37.0 Å². The van der Waals surface area contributed by atoms with E-state index in [0.29, 0.717) is 18.4 Å². The molecule has 1 saturated heterocycles. The average Bonchev–Trinajstić information content (AvgIpc) is 3.29. The number of rotatable bonds is 5. The molecule has 1 amide bonds. The van der Waals surface area contributed by atoms with Crippen molar-refractivity contribution in [3.8, 4) is 17.1 Å². The lowest BCUT2D eigenvalue weighted by atomic mass is 9.96. The number of anilines is 2. The van der Waals surface area contributed by atoms with Crippen LogP contribution in [-0.2, 0) is 4.79 Å². The van der Waals surface area contributed by atoms with Crippen molar-refractivity contribution in [2.24, 2.45) is 5.92 Å². The number of piperidine rings is 1. The van der Waals surface area contributed by atoms with Crippen molar-refractivity contribution in [3.63, 3.8) is 0 Å². The third-order valence-corrected chi connectivity index (χ3v) is 5.88. The summed E-state index contributed by atoms with van der Waals surface area (Å²) in [5.41, 5.74) is 1.73. The fraction of sp³-hybridized carbons (Fsp3) is 0.318. The second-order valence-corrected chi connectivity index (χ2v) is 8.20. The Morgan fingerprint density at radius 1 is 1.20 bits per heavy atom. The summed E-state index contributed by atoms with van der Waals surface area (Å²) in [5.74, 6) is 1.27. The summed E-state index contributed by atoms with van der Waals surface area (Å²) in [5, 5.41) is 4.11. The Bertz CT molecular complexity index is 1000. The van der Waals surface area contributed by atoms with Gasteiger partial charge in [-0.3, -0.25) is 4.79 Å². The highest BCUT2D eigenvalue weighted by atomic mass is 79.9. The van der Waals surface area contributed by atoms with E-state index < -0.39 is 0 Å². The Balaban J connectivity index is 1.45. The van der Waals surface area contributed by atoms with E-state index in [4.69, 9.17) is 9.26 Å². The minimum absolute atomic E-state index is 0.0944. The van der Waals surface area contributed by atoms with Crippen molar-refractivity contribution in [2.45, 2.75) is 12.8 Å². The van der Waals surface area contributed by atoms with Gasteiger partial charge in [-0.15, -0.1) is 0 Å². The molecule has 0 radical (unpaired) electrons. The standard InChI is InChI=1S/C22H23BrN4O3/c1-26(18-9-7-17(23)8-10-18)21(28)16-4-3-13-27(14-16)22-24-20(25-30-22)15-5-11-19(29-2)12-6-15/h5-12,16H,3-4,13-14H2,1-2H3/t16-/m1/s1. The predicted octanol–water partition coefficient (Wildman–Crippen LogP) is 4.39. The van der Waals surface area contributed by atoms with E-state index in [0.717, 1.165) is 40.9 Å². The average molecular weight is 471 g/mol. The van der Waals surface area contributed by atoms with Crippen LogP contribution < -0.4 is 14.5 Å². The number of aromatic nitrogens is 2. The number of carbonyl (C=O) groups excluding carboxylic acids is 1. The summed E-state index contributed by atoms with van der Waals surface area (Å²) < 4.78 is 11.7. The van der Waals surface area contributed by atoms with E-state index in [2.05, 4.69) is 26.1 Å². The molecule has 30 heavy (non-hydrogen) atoms. The normalized spacial score (nSPS) is 16.4. The third-order valence-electron chi connectivity index (χ3n) is 5.35. The Labute approximate surface area is 183 Å². The van der Waals surface area contributed by atoms with Crippen LogP contribution in [0.4, 0.5) is 11.7 Å². The maximum absolute atomic E-state index is 13.1. The summed E-state index contributed by atoms with van der Waals surface area (Å²) >= 11 is 3.43. The molecule has 3 aromatic rings. The lowest BCUT2D eigenvalue weighted by molar-refractivity contribution is -0.122. The van der Waals surface area contributed by atoms with E-state index in [1.54, 1.807) is 12.0 Å². The molecule has 1 aliphatic rings. The molecule has 0 N–H and O–H groups in total. The number of benzene rings is 2. The van der Waals surface area contributed by atoms with Crippen molar-refractivity contribution in [3.05, 3.63) is 53.0 Å². The van der Waals surface area contributed by atoms with Crippen LogP contribution in [0.2, 0.25) is 0 Å². The molecule has 1 aliphatic heterocycles. The lowest BCUT2D eigenvalue weighted by Crippen LogP contribution is -2.44. The van der Waals surface area contributed by atoms with Gasteiger partial charge in [0.2, 0.25) is 11.7 Å². The van der Waals surface area contributed by atoms with E-state index in [9.17, 15) is 4.79 Å². The Kier molecular flexibility index (Phi) is 6.03. The SMILES string of the molecule is COc1ccc(-c2noc(N3CCC[C@@H](C(=O)N(C)c4ccc(Br)cc4)C3)n2)cc1. The van der Waals surface area contributed by atoms with Crippen LogP contribution in [0.1, 0.15) is 12.8 Å². The zero-order valence-electron chi connectivity index (χ0n) is 16.9. The molecular formula is C22H23BrN4O3. The van der Waals surface area contributed by atoms with Crippen molar-refractivity contribution < 1.29 is 14.1 Å². The minimum atomic E-state index is -0.122. The molecule has 156 valence electrons. The molecule has 0 aliphatic carbocycles. The number of amides is 1. The number of hydrogen-bond donors (Lipinski definition) is 0. The van der Waals surface area contributed by atoms with Gasteiger partial charge in [0.1, 0.15) is 5.75 Å². The molecule has 1 aromatic heterocycles. The van der Waals surface area contributed by atoms with Crippen LogP contribution in [0.3, 0.4) is 0 Å². The first-order valence-corrected chi connectivity index (χ1v) is 10.6. The summed E-state index contributed by atoms with van der Waals surface area (Å²) in [6.45, 7) is 1.35. The van der Waals surface area contributed by atoms with Gasteiger partial charge in [0.15, 0.2) is 0 Å². The summed E-state index contributed by atoms with van der Waals surface area (Å²) in [6.07, 6.45) is 1.74. The molecule has 1 atom stereocenters. The number of nitrogens with zero attached hydrogens (tertiary/aromatic N) is 4. The maximum atomic E-state index is 13.1. The van der Waals surface area contributed by atoms with Crippen LogP contribution in [0, 0.1) is 5.92 Å². The Morgan fingerprint density at radius 3 is 2.63 bits per heavy atom. The molecule has 4 rings (SSSR count). The molecule has 7 nitrogen and oxygen atoms in total. The molecule has 0 unspecified atom stereocenters. The second kappa shape index (κ2) is 8.87. The van der Waals surface area contributed by atoms with Gasteiger partial charge in [-0.25, -0.2) is 0 Å². The second-order valence-electron chi connectivity index (χ2n) is 7.29. The molecule has 2 heterocycles. The van der Waals surface area contributed by atoms with E-state index >= 15 is 0 Å². The van der Waals surface area contributed by atoms with Crippen LogP contribution in [-0.4, -0.2) is 43.3 Å². The highest BCUT2D eigenvalue weighted by molar-refractivity contribution is 9.10. The number of carbonyl (C=O) groups is 1. The first-order valence-electron chi connectivity index (χ1n) is 9.81. The van der Waals surface area contributed by atoms with E-state index in [1.165, 1.54) is 0 Å². The zero-order valence-corrected chi connectivity index (χ0v) is 18.5. The molecule has 1 fully saturated rings. The first kappa shape index (κ1) is 20.4. The van der Waals surface area contributed by atoms with Gasteiger partial charge in [0.05, 0.1) is 13.0 Å². The monoisotopic (exact) mass is 470 g/mol. The van der Waals surface area contributed by atoms with Crippen LogP contribution in [0.25, 0.3) is 11.4 Å². The number of halogens is 1. The molecule has 0 bridgehead atoms. The lowest BCUT2D eigenvalue weighted by Gasteiger charge is -2.32. The molecule has 2 aromatic carbocycles. The van der Waals surface area contributed by atoms with Crippen molar-refractivity contribution in [1.82, 2.24) is 10.1 Å². The largest absolute Gasteiger partial charge is 0.497 e. The highest BCUT2D eigenvalue weighted by Gasteiger charge is 2.30. The van der Waals surface area contributed by atoms with Crippen molar-refractivity contribution in [1.29, 1.82) is 0 Å². The summed E-state index contributed by atoms with van der Waals surface area (Å²) in [4.78, 5) is 21.3. The molecule has 0 saturated carbocycles.